The molecule has 26 heavy (non-hydrogen) atoms. The number of allylic oxidation sites excluding steroid dienone is 3. The van der Waals surface area contributed by atoms with Crippen molar-refractivity contribution in [3.05, 3.63) is 36.6 Å². The Kier molecular flexibility index (Phi) is 15.2. The molecule has 1 aromatic heterocycles. The average Bonchev–Trinajstić information content (AvgIpc) is 2.65. The van der Waals surface area contributed by atoms with Crippen molar-refractivity contribution in [1.29, 1.82) is 0 Å². The van der Waals surface area contributed by atoms with E-state index in [1.165, 1.54) is 0 Å². The molecule has 0 aliphatic carbocycles. The molecule has 0 bridgehead atoms. The second-order valence-corrected chi connectivity index (χ2v) is 5.78. The van der Waals surface area contributed by atoms with Crippen LogP contribution in [0.15, 0.2) is 36.6 Å². The second kappa shape index (κ2) is 16.5. The van der Waals surface area contributed by atoms with Crippen molar-refractivity contribution in [2.75, 3.05) is 30.3 Å². The zero-order valence-corrected chi connectivity index (χ0v) is 17.2. The van der Waals surface area contributed by atoms with Gasteiger partial charge in [-0.25, -0.2) is 0 Å². The lowest BCUT2D eigenvalue weighted by Gasteiger charge is -2.24. The molecule has 0 fully saturated rings. The van der Waals surface area contributed by atoms with Crippen LogP contribution in [0, 0.1) is 0 Å². The number of nitrogens with two attached hydrogens (primary N) is 1. The largest absolute Gasteiger partial charge is 0.478 e. The van der Waals surface area contributed by atoms with Gasteiger partial charge >= 0.3 is 0 Å². The summed E-state index contributed by atoms with van der Waals surface area (Å²) in [5, 5.41) is 0. The molecular weight excluding hydrogens is 324 g/mol. The van der Waals surface area contributed by atoms with Crippen LogP contribution in [0.5, 0.6) is 5.88 Å². The van der Waals surface area contributed by atoms with E-state index >= 15 is 0 Å². The van der Waals surface area contributed by atoms with E-state index < -0.39 is 0 Å². The number of rotatable bonds is 12. The minimum absolute atomic E-state index is 0.516. The molecule has 0 atom stereocenters. The number of nitrogen functional groups attached to an aromatic ring is 1. The monoisotopic (exact) mass is 363 g/mol. The zero-order valence-electron chi connectivity index (χ0n) is 17.2. The summed E-state index contributed by atoms with van der Waals surface area (Å²) >= 11 is 0. The first-order valence-corrected chi connectivity index (χ1v) is 9.97. The third kappa shape index (κ3) is 10.8. The number of hydrogen-bond donors (Lipinski definition) is 2. The highest BCUT2D eigenvalue weighted by molar-refractivity contribution is 5.55. The molecule has 5 nitrogen and oxygen atoms in total. The van der Waals surface area contributed by atoms with Crippen molar-refractivity contribution < 1.29 is 10.5 Å². The Labute approximate surface area is 160 Å². The standard InChI is InChI=1S/C19H32N4O.C2H6/c1-3-12-23(13-4-2)17-15-18(21)22-19(16-17)24-14-10-8-6-5-7-9-11-20;1-2/h5,7,9,11,15-16H,3-4,6,8,10,12-14,20H2,1-2H3,(H2,21,22);1-2H3/p+1/b7-5-,11-9-;. The smallest absolute Gasteiger partial charge is 0.217 e. The highest BCUT2D eigenvalue weighted by atomic mass is 16.5. The second-order valence-electron chi connectivity index (χ2n) is 5.78. The molecule has 5 N–H and O–H groups in total. The molecule has 0 aromatic carbocycles. The first-order valence-electron chi connectivity index (χ1n) is 9.97. The van der Waals surface area contributed by atoms with Crippen molar-refractivity contribution in [2.45, 2.75) is 59.8 Å². The molecule has 148 valence electrons. The Balaban J connectivity index is 0.00000301. The maximum absolute atomic E-state index is 5.95. The van der Waals surface area contributed by atoms with E-state index in [1.807, 2.05) is 38.1 Å². The molecule has 0 amide bonds. The minimum atomic E-state index is 0.516. The number of nitrogens with zero attached hydrogens (tertiary/aromatic N) is 2. The SMILES string of the molecule is CC.CCCN(CCC)c1cc(N)nc(OCCCC/C=C\C=C/[NH3+])c1. The van der Waals surface area contributed by atoms with Crippen LogP contribution in [0.4, 0.5) is 11.5 Å². The summed E-state index contributed by atoms with van der Waals surface area (Å²) in [5.41, 5.74) is 10.7. The average molecular weight is 364 g/mol. The van der Waals surface area contributed by atoms with Crippen LogP contribution in [-0.4, -0.2) is 24.7 Å². The highest BCUT2D eigenvalue weighted by Gasteiger charge is 2.08. The van der Waals surface area contributed by atoms with Crippen molar-refractivity contribution in [1.82, 2.24) is 4.98 Å². The first-order chi connectivity index (χ1) is 12.7. The summed E-state index contributed by atoms with van der Waals surface area (Å²) in [6.45, 7) is 11.1. The van der Waals surface area contributed by atoms with Gasteiger partial charge in [-0.1, -0.05) is 39.8 Å². The Hall–Kier alpha value is -2.01. The summed E-state index contributed by atoms with van der Waals surface area (Å²) in [6.07, 6.45) is 13.2. The van der Waals surface area contributed by atoms with Crippen molar-refractivity contribution in [2.24, 2.45) is 0 Å². The molecule has 0 aliphatic rings. The summed E-state index contributed by atoms with van der Waals surface area (Å²) in [4.78, 5) is 6.63. The predicted molar refractivity (Wildman–Crippen MR) is 113 cm³/mol. The summed E-state index contributed by atoms with van der Waals surface area (Å²) < 4.78 is 5.80. The molecule has 0 saturated carbocycles. The number of quaternary nitrogens is 1. The van der Waals surface area contributed by atoms with Crippen LogP contribution in [0.1, 0.15) is 59.8 Å². The van der Waals surface area contributed by atoms with E-state index in [0.717, 1.165) is 50.9 Å². The molecule has 5 heteroatoms. The van der Waals surface area contributed by atoms with Gasteiger partial charge in [0.05, 0.1) is 12.8 Å². The lowest BCUT2D eigenvalue weighted by atomic mass is 10.2. The van der Waals surface area contributed by atoms with E-state index in [0.29, 0.717) is 18.3 Å². The van der Waals surface area contributed by atoms with Gasteiger partial charge in [0.1, 0.15) is 5.82 Å². The number of ether oxygens (including phenoxy) is 1. The molecule has 1 rings (SSSR count). The molecule has 0 saturated heterocycles. The predicted octanol–water partition coefficient (Wildman–Crippen LogP) is 4.18. The van der Waals surface area contributed by atoms with Gasteiger partial charge in [-0.15, -0.1) is 0 Å². The Morgan fingerprint density at radius 1 is 1.12 bits per heavy atom. The summed E-state index contributed by atoms with van der Waals surface area (Å²) in [5.74, 6) is 1.14. The van der Waals surface area contributed by atoms with Gasteiger partial charge in [0.25, 0.3) is 0 Å². The third-order valence-electron chi connectivity index (χ3n) is 3.56. The topological polar surface area (TPSA) is 79.0 Å². The van der Waals surface area contributed by atoms with Gasteiger partial charge < -0.3 is 21.1 Å². The fourth-order valence-electron chi connectivity index (χ4n) is 2.47. The molecule has 0 aliphatic heterocycles. The maximum Gasteiger partial charge on any atom is 0.217 e. The minimum Gasteiger partial charge on any atom is -0.478 e. The Bertz CT molecular complexity index is 509. The van der Waals surface area contributed by atoms with E-state index in [-0.39, 0.29) is 0 Å². The van der Waals surface area contributed by atoms with E-state index in [9.17, 15) is 0 Å². The normalized spacial score (nSPS) is 10.8. The molecule has 0 radical (unpaired) electrons. The van der Waals surface area contributed by atoms with Crippen molar-refractivity contribution in [3.8, 4) is 5.88 Å². The Morgan fingerprint density at radius 2 is 1.81 bits per heavy atom. The molecule has 1 heterocycles. The van der Waals surface area contributed by atoms with Crippen LogP contribution >= 0.6 is 0 Å². The van der Waals surface area contributed by atoms with Gasteiger partial charge in [0.15, 0.2) is 0 Å². The number of anilines is 2. The maximum atomic E-state index is 5.95. The zero-order chi connectivity index (χ0) is 19.6. The van der Waals surface area contributed by atoms with Crippen LogP contribution in [-0.2, 0) is 0 Å². The quantitative estimate of drug-likeness (QED) is 0.431. The van der Waals surface area contributed by atoms with E-state index in [1.54, 1.807) is 6.20 Å². The molecular formula is C21H39N4O+. The number of aromatic nitrogens is 1. The van der Waals surface area contributed by atoms with Gasteiger partial charge in [-0.3, -0.25) is 0 Å². The molecule has 0 spiro atoms. The van der Waals surface area contributed by atoms with Gasteiger partial charge in [0, 0.05) is 30.9 Å². The lowest BCUT2D eigenvalue weighted by molar-refractivity contribution is -0.274. The number of hydrogen-bond acceptors (Lipinski definition) is 4. The van der Waals surface area contributed by atoms with Crippen LogP contribution < -0.4 is 21.1 Å². The molecule has 0 unspecified atom stereocenters. The van der Waals surface area contributed by atoms with Crippen molar-refractivity contribution in [3.63, 3.8) is 0 Å². The van der Waals surface area contributed by atoms with Gasteiger partial charge in [-0.05, 0) is 38.2 Å². The summed E-state index contributed by atoms with van der Waals surface area (Å²) in [7, 11) is 0. The van der Waals surface area contributed by atoms with E-state index in [4.69, 9.17) is 10.5 Å². The number of pyridine rings is 1. The van der Waals surface area contributed by atoms with Crippen LogP contribution in [0.2, 0.25) is 0 Å². The van der Waals surface area contributed by atoms with Gasteiger partial charge in [0.2, 0.25) is 5.88 Å². The van der Waals surface area contributed by atoms with Crippen LogP contribution in [0.3, 0.4) is 0 Å². The van der Waals surface area contributed by atoms with E-state index in [2.05, 4.69) is 35.5 Å². The van der Waals surface area contributed by atoms with Gasteiger partial charge in [-0.2, -0.15) is 4.98 Å². The highest BCUT2D eigenvalue weighted by Crippen LogP contribution is 2.23. The molecule has 1 aromatic rings. The third-order valence-corrected chi connectivity index (χ3v) is 3.56. The summed E-state index contributed by atoms with van der Waals surface area (Å²) in [6, 6.07) is 3.93. The fourth-order valence-corrected chi connectivity index (χ4v) is 2.47. The lowest BCUT2D eigenvalue weighted by Crippen LogP contribution is -2.38. The van der Waals surface area contributed by atoms with Crippen LogP contribution in [0.25, 0.3) is 0 Å². The fraction of sp³-hybridized carbons (Fsp3) is 0.571. The first kappa shape index (κ1) is 24.0. The van der Waals surface area contributed by atoms with Crippen molar-refractivity contribution >= 4 is 11.5 Å². The number of unbranched alkanes of at least 4 members (excludes halogenated alkanes) is 2. The Morgan fingerprint density at radius 3 is 2.42 bits per heavy atom.